The van der Waals surface area contributed by atoms with Gasteiger partial charge in [-0.05, 0) is 63.9 Å². The number of halogens is 1. The summed E-state index contributed by atoms with van der Waals surface area (Å²) < 4.78 is 20.4. The van der Waals surface area contributed by atoms with E-state index < -0.39 is 0 Å². The zero-order valence-corrected chi connectivity index (χ0v) is 16.7. The zero-order valence-electron chi connectivity index (χ0n) is 16.7. The second-order valence-electron chi connectivity index (χ2n) is 7.86. The lowest BCUT2D eigenvalue weighted by Gasteiger charge is -2.41. The maximum absolute atomic E-state index is 13.7. The van der Waals surface area contributed by atoms with Crippen molar-refractivity contribution < 1.29 is 13.9 Å². The summed E-state index contributed by atoms with van der Waals surface area (Å²) in [5, 5.41) is 5.91. The number of carbonyl (C=O) groups is 1. The number of fused-ring (bicyclic) bond motifs is 1. The Labute approximate surface area is 165 Å². The molecule has 0 N–H and O–H groups in total. The van der Waals surface area contributed by atoms with Crippen LogP contribution in [0.15, 0.2) is 18.2 Å². The van der Waals surface area contributed by atoms with Gasteiger partial charge in [-0.15, -0.1) is 0 Å². The highest BCUT2D eigenvalue weighted by molar-refractivity contribution is 5.82. The highest BCUT2D eigenvalue weighted by atomic mass is 19.1. The molecule has 152 valence electrons. The lowest BCUT2D eigenvalue weighted by atomic mass is 9.90. The summed E-state index contributed by atoms with van der Waals surface area (Å²) in [4.78, 5) is 16.0. The first kappa shape index (κ1) is 19.2. The summed E-state index contributed by atoms with van der Waals surface area (Å²) in [5.74, 6) is 0.217. The van der Waals surface area contributed by atoms with E-state index in [1.807, 2.05) is 17.7 Å². The minimum atomic E-state index is -0.216. The van der Waals surface area contributed by atoms with Crippen molar-refractivity contribution in [1.29, 1.82) is 0 Å². The fourth-order valence-corrected chi connectivity index (χ4v) is 4.80. The fraction of sp³-hybridized carbons (Fsp3) is 0.619. The molecule has 1 aromatic heterocycles. The molecule has 2 saturated heterocycles. The second-order valence-corrected chi connectivity index (χ2v) is 7.86. The maximum atomic E-state index is 13.7. The first-order valence-corrected chi connectivity index (χ1v) is 10.3. The van der Waals surface area contributed by atoms with Crippen molar-refractivity contribution in [3.05, 3.63) is 29.7 Å². The standard InChI is InChI=1S/C21H29FN4O2/c1-3-26-19-14-16(22)4-5-18(19)20(23-26)15-6-10-24(11-7-15)17-8-12-25(13-9-17)21(27)28-2/h4-5,14-15,17H,3,6-13H2,1-2H3. The van der Waals surface area contributed by atoms with Crippen LogP contribution in [0.2, 0.25) is 0 Å². The average molecular weight is 388 g/mol. The van der Waals surface area contributed by atoms with Gasteiger partial charge in [0.1, 0.15) is 5.82 Å². The number of benzene rings is 1. The van der Waals surface area contributed by atoms with E-state index in [0.29, 0.717) is 12.0 Å². The normalized spacial score (nSPS) is 20.0. The van der Waals surface area contributed by atoms with Gasteiger partial charge in [-0.2, -0.15) is 5.10 Å². The van der Waals surface area contributed by atoms with E-state index in [0.717, 1.165) is 75.0 Å². The van der Waals surface area contributed by atoms with Crippen LogP contribution in [-0.2, 0) is 11.3 Å². The Morgan fingerprint density at radius 3 is 2.54 bits per heavy atom. The second kappa shape index (κ2) is 8.07. The number of piperidine rings is 2. The summed E-state index contributed by atoms with van der Waals surface area (Å²) >= 11 is 0. The van der Waals surface area contributed by atoms with Crippen molar-refractivity contribution in [3.63, 3.8) is 0 Å². The van der Waals surface area contributed by atoms with E-state index in [9.17, 15) is 9.18 Å². The van der Waals surface area contributed by atoms with Gasteiger partial charge >= 0.3 is 6.09 Å². The summed E-state index contributed by atoms with van der Waals surface area (Å²) in [5.41, 5.74) is 2.02. The molecular weight excluding hydrogens is 359 g/mol. The van der Waals surface area contributed by atoms with E-state index in [4.69, 9.17) is 9.84 Å². The summed E-state index contributed by atoms with van der Waals surface area (Å²) in [6.07, 6.45) is 3.94. The highest BCUT2D eigenvalue weighted by Gasteiger charge is 2.31. The lowest BCUT2D eigenvalue weighted by molar-refractivity contribution is 0.0732. The van der Waals surface area contributed by atoms with Crippen LogP contribution in [0.1, 0.15) is 44.2 Å². The van der Waals surface area contributed by atoms with Crippen LogP contribution in [0.3, 0.4) is 0 Å². The number of hydrogen-bond donors (Lipinski definition) is 0. The molecule has 1 amide bonds. The monoisotopic (exact) mass is 388 g/mol. The van der Waals surface area contributed by atoms with Gasteiger partial charge in [0.15, 0.2) is 0 Å². The van der Waals surface area contributed by atoms with E-state index in [1.165, 1.54) is 13.2 Å². The molecule has 0 atom stereocenters. The maximum Gasteiger partial charge on any atom is 0.409 e. The van der Waals surface area contributed by atoms with Crippen molar-refractivity contribution in [1.82, 2.24) is 19.6 Å². The molecule has 28 heavy (non-hydrogen) atoms. The number of nitrogens with zero attached hydrogens (tertiary/aromatic N) is 4. The number of amides is 1. The van der Waals surface area contributed by atoms with Crippen molar-refractivity contribution in [2.75, 3.05) is 33.3 Å². The van der Waals surface area contributed by atoms with Crippen molar-refractivity contribution in [2.45, 2.75) is 51.1 Å². The first-order chi connectivity index (χ1) is 13.6. The van der Waals surface area contributed by atoms with Gasteiger partial charge in [-0.1, -0.05) is 0 Å². The SMILES string of the molecule is CCn1nc(C2CCN(C3CCN(C(=O)OC)CC3)CC2)c2ccc(F)cc21. The van der Waals surface area contributed by atoms with Crippen molar-refractivity contribution in [3.8, 4) is 0 Å². The van der Waals surface area contributed by atoms with Crippen LogP contribution in [0.25, 0.3) is 10.9 Å². The molecule has 0 aliphatic carbocycles. The molecule has 2 fully saturated rings. The molecule has 3 heterocycles. The molecular formula is C21H29FN4O2. The minimum absolute atomic E-state index is 0.207. The highest BCUT2D eigenvalue weighted by Crippen LogP contribution is 2.34. The summed E-state index contributed by atoms with van der Waals surface area (Å²) in [6.45, 7) is 6.44. The third-order valence-corrected chi connectivity index (χ3v) is 6.37. The van der Waals surface area contributed by atoms with Crippen LogP contribution in [0, 0.1) is 5.82 Å². The summed E-state index contributed by atoms with van der Waals surface area (Å²) in [6, 6.07) is 5.56. The molecule has 6 nitrogen and oxygen atoms in total. The predicted molar refractivity (Wildman–Crippen MR) is 106 cm³/mol. The van der Waals surface area contributed by atoms with Gasteiger partial charge in [0, 0.05) is 37.0 Å². The van der Waals surface area contributed by atoms with Crippen LogP contribution >= 0.6 is 0 Å². The first-order valence-electron chi connectivity index (χ1n) is 10.3. The Bertz CT molecular complexity index is 836. The van der Waals surface area contributed by atoms with Gasteiger partial charge in [0.05, 0.1) is 18.3 Å². The van der Waals surface area contributed by atoms with Crippen LogP contribution in [-0.4, -0.2) is 65.0 Å². The van der Waals surface area contributed by atoms with Crippen LogP contribution < -0.4 is 0 Å². The van der Waals surface area contributed by atoms with Gasteiger partial charge in [0.2, 0.25) is 0 Å². The Kier molecular flexibility index (Phi) is 5.53. The third-order valence-electron chi connectivity index (χ3n) is 6.37. The quantitative estimate of drug-likeness (QED) is 0.806. The lowest BCUT2D eigenvalue weighted by Crippen LogP contribution is -2.48. The van der Waals surface area contributed by atoms with E-state index in [2.05, 4.69) is 4.90 Å². The molecule has 2 aliphatic rings. The number of hydrogen-bond acceptors (Lipinski definition) is 4. The predicted octanol–water partition coefficient (Wildman–Crippen LogP) is 3.61. The van der Waals surface area contributed by atoms with Crippen LogP contribution in [0.4, 0.5) is 9.18 Å². The fourth-order valence-electron chi connectivity index (χ4n) is 4.80. The Hall–Kier alpha value is -2.15. The minimum Gasteiger partial charge on any atom is -0.453 e. The molecule has 0 unspecified atom stereocenters. The smallest absolute Gasteiger partial charge is 0.409 e. The molecule has 2 aromatic rings. The Balaban J connectivity index is 1.40. The largest absolute Gasteiger partial charge is 0.453 e. The third kappa shape index (κ3) is 3.60. The molecule has 0 bridgehead atoms. The Morgan fingerprint density at radius 1 is 1.18 bits per heavy atom. The molecule has 0 radical (unpaired) electrons. The van der Waals surface area contributed by atoms with Crippen LogP contribution in [0.5, 0.6) is 0 Å². The number of methoxy groups -OCH3 is 1. The van der Waals surface area contributed by atoms with E-state index in [-0.39, 0.29) is 11.9 Å². The molecule has 0 saturated carbocycles. The van der Waals surface area contributed by atoms with Gasteiger partial charge in [-0.3, -0.25) is 4.68 Å². The molecule has 1 aromatic carbocycles. The zero-order chi connectivity index (χ0) is 19.7. The number of ether oxygens (including phenoxy) is 1. The number of aryl methyl sites for hydroxylation is 1. The number of aromatic nitrogens is 2. The van der Waals surface area contributed by atoms with Gasteiger partial charge in [-0.25, -0.2) is 9.18 Å². The number of carbonyl (C=O) groups excluding carboxylic acids is 1. The molecule has 2 aliphatic heterocycles. The number of likely N-dealkylation sites (tertiary alicyclic amines) is 2. The topological polar surface area (TPSA) is 50.6 Å². The van der Waals surface area contributed by atoms with Crippen molar-refractivity contribution in [2.24, 2.45) is 0 Å². The molecule has 0 spiro atoms. The summed E-state index contributed by atoms with van der Waals surface area (Å²) in [7, 11) is 1.44. The number of rotatable bonds is 3. The van der Waals surface area contributed by atoms with Crippen molar-refractivity contribution >= 4 is 17.0 Å². The van der Waals surface area contributed by atoms with Gasteiger partial charge in [0.25, 0.3) is 0 Å². The molecule has 7 heteroatoms. The average Bonchev–Trinajstić information content (AvgIpc) is 3.11. The van der Waals surface area contributed by atoms with E-state index in [1.54, 1.807) is 11.0 Å². The Morgan fingerprint density at radius 2 is 1.89 bits per heavy atom. The van der Waals surface area contributed by atoms with Gasteiger partial charge < -0.3 is 14.5 Å². The van der Waals surface area contributed by atoms with E-state index >= 15 is 0 Å². The molecule has 4 rings (SSSR count).